The number of halogens is 2. The molecule has 0 aliphatic carbocycles. The van der Waals surface area contributed by atoms with Crippen LogP contribution in [0.5, 0.6) is 0 Å². The van der Waals surface area contributed by atoms with Crippen molar-refractivity contribution in [2.24, 2.45) is 0 Å². The molecule has 1 aromatic carbocycles. The summed E-state index contributed by atoms with van der Waals surface area (Å²) in [7, 11) is -3.52. The molecule has 0 amide bonds. The second-order valence-electron chi connectivity index (χ2n) is 6.71. The largest absolute Gasteiger partial charge is 0.333 e. The Kier molecular flexibility index (Phi) is 5.55. The topological polar surface area (TPSA) is 116 Å². The lowest BCUT2D eigenvalue weighted by Crippen LogP contribution is -2.11. The molecule has 0 atom stereocenters. The van der Waals surface area contributed by atoms with Gasteiger partial charge in [0.1, 0.15) is 35.2 Å². The van der Waals surface area contributed by atoms with Gasteiger partial charge in [-0.25, -0.2) is 42.1 Å². The summed E-state index contributed by atoms with van der Waals surface area (Å²) in [5.41, 5.74) is -0.0794. The molecule has 4 aromatic rings. The molecular formula is C19H17F2N7O2S. The highest BCUT2D eigenvalue weighted by Crippen LogP contribution is 2.28. The minimum absolute atomic E-state index is 0.0418. The lowest BCUT2D eigenvalue weighted by atomic mass is 10.2. The summed E-state index contributed by atoms with van der Waals surface area (Å²) in [5.74, 6) is -2.21. The van der Waals surface area contributed by atoms with Crippen LogP contribution in [0.3, 0.4) is 0 Å². The molecule has 31 heavy (non-hydrogen) atoms. The first-order chi connectivity index (χ1) is 14.9. The first kappa shape index (κ1) is 20.7. The number of hydrogen-bond acceptors (Lipinski definition) is 8. The van der Waals surface area contributed by atoms with E-state index in [0.717, 1.165) is 12.1 Å². The highest BCUT2D eigenvalue weighted by Gasteiger charge is 2.20. The quantitative estimate of drug-likeness (QED) is 0.462. The summed E-state index contributed by atoms with van der Waals surface area (Å²) >= 11 is 0. The zero-order valence-electron chi connectivity index (χ0n) is 16.3. The Labute approximate surface area is 176 Å². The fourth-order valence-corrected chi connectivity index (χ4v) is 4.46. The van der Waals surface area contributed by atoms with E-state index in [0.29, 0.717) is 11.9 Å². The van der Waals surface area contributed by atoms with Gasteiger partial charge in [0, 0.05) is 18.0 Å². The van der Waals surface area contributed by atoms with Gasteiger partial charge in [0.2, 0.25) is 5.95 Å². The van der Waals surface area contributed by atoms with Crippen LogP contribution in [0.15, 0.2) is 43.4 Å². The molecule has 0 unspecified atom stereocenters. The van der Waals surface area contributed by atoms with Crippen molar-refractivity contribution in [3.05, 3.63) is 60.6 Å². The van der Waals surface area contributed by atoms with E-state index in [9.17, 15) is 12.8 Å². The highest BCUT2D eigenvalue weighted by molar-refractivity contribution is 7.90. The average Bonchev–Trinajstić information content (AvgIpc) is 3.28. The lowest BCUT2D eigenvalue weighted by Gasteiger charge is -2.13. The van der Waals surface area contributed by atoms with Crippen LogP contribution in [0.25, 0.3) is 17.0 Å². The Morgan fingerprint density at radius 1 is 1.16 bits per heavy atom. The number of nitrogens with zero attached hydrogens (tertiary/aromatic N) is 6. The predicted molar refractivity (Wildman–Crippen MR) is 110 cm³/mol. The van der Waals surface area contributed by atoms with E-state index in [1.807, 2.05) is 0 Å². The van der Waals surface area contributed by atoms with Crippen LogP contribution in [0.4, 0.5) is 20.3 Å². The normalized spacial score (nSPS) is 11.7. The summed E-state index contributed by atoms with van der Waals surface area (Å²) in [6.07, 6.45) is 7.75. The van der Waals surface area contributed by atoms with Crippen molar-refractivity contribution in [1.82, 2.24) is 29.5 Å². The molecule has 1 N–H and O–H groups in total. The Hall–Kier alpha value is -3.54. The van der Waals surface area contributed by atoms with Crippen molar-refractivity contribution in [1.29, 1.82) is 0 Å². The van der Waals surface area contributed by atoms with E-state index in [1.54, 1.807) is 23.9 Å². The Morgan fingerprint density at radius 2 is 2.00 bits per heavy atom. The number of imidazole rings is 1. The number of rotatable bonds is 7. The van der Waals surface area contributed by atoms with Gasteiger partial charge in [0.25, 0.3) is 0 Å². The van der Waals surface area contributed by atoms with Crippen LogP contribution < -0.4 is 5.32 Å². The van der Waals surface area contributed by atoms with Crippen LogP contribution in [0, 0.1) is 11.6 Å². The first-order valence-corrected chi connectivity index (χ1v) is 11.1. The molecule has 3 aromatic heterocycles. The molecular weight excluding hydrogens is 428 g/mol. The molecule has 12 heteroatoms. The molecule has 4 rings (SSSR count). The molecule has 0 radical (unpaired) electrons. The number of aromatic nitrogens is 6. The fraction of sp³-hybridized carbons (Fsp3) is 0.211. The lowest BCUT2D eigenvalue weighted by molar-refractivity contribution is 0.574. The number of sulfone groups is 1. The molecule has 9 nitrogen and oxygen atoms in total. The predicted octanol–water partition coefficient (Wildman–Crippen LogP) is 2.95. The van der Waals surface area contributed by atoms with Gasteiger partial charge < -0.3 is 5.32 Å². The second kappa shape index (κ2) is 8.30. The SMILES string of the molecule is CCCS(=O)(=O)Cc1ccc(F)c(Nc2ncnc3cnc(-n4ccnc4)nc23)c1F. The maximum Gasteiger partial charge on any atom is 0.235 e. The minimum Gasteiger partial charge on any atom is -0.333 e. The number of benzene rings is 1. The van der Waals surface area contributed by atoms with Gasteiger partial charge in [0.15, 0.2) is 21.5 Å². The van der Waals surface area contributed by atoms with Crippen LogP contribution in [0.2, 0.25) is 0 Å². The standard InChI is InChI=1S/C19H17F2N7O2S/c1-2-7-31(29,30)9-12-3-4-13(20)16(15(12)21)26-18-17-14(24-10-25-18)8-23-19(27-17)28-6-5-22-11-28/h3-6,8,10-11H,2,7,9H2,1H3,(H,24,25,26). The number of hydrogen-bond donors (Lipinski definition) is 1. The van der Waals surface area contributed by atoms with Crippen LogP contribution in [0.1, 0.15) is 18.9 Å². The molecule has 0 aliphatic rings. The first-order valence-electron chi connectivity index (χ1n) is 9.28. The Morgan fingerprint density at radius 3 is 2.74 bits per heavy atom. The van der Waals surface area contributed by atoms with Crippen molar-refractivity contribution in [3.63, 3.8) is 0 Å². The van der Waals surface area contributed by atoms with Crippen molar-refractivity contribution in [3.8, 4) is 5.95 Å². The molecule has 3 heterocycles. The third-order valence-corrected chi connectivity index (χ3v) is 6.19. The average molecular weight is 445 g/mol. The zero-order valence-corrected chi connectivity index (χ0v) is 17.1. The van der Waals surface area contributed by atoms with Crippen LogP contribution >= 0.6 is 0 Å². The maximum atomic E-state index is 15.0. The monoisotopic (exact) mass is 445 g/mol. The van der Waals surface area contributed by atoms with E-state index < -0.39 is 32.9 Å². The third-order valence-electron chi connectivity index (χ3n) is 4.41. The maximum absolute atomic E-state index is 15.0. The molecule has 160 valence electrons. The van der Waals surface area contributed by atoms with Crippen molar-refractivity contribution in [2.75, 3.05) is 11.1 Å². The van der Waals surface area contributed by atoms with Gasteiger partial charge in [-0.15, -0.1) is 0 Å². The van der Waals surface area contributed by atoms with Gasteiger partial charge in [-0.2, -0.15) is 0 Å². The van der Waals surface area contributed by atoms with E-state index in [-0.39, 0.29) is 28.6 Å². The summed E-state index contributed by atoms with van der Waals surface area (Å²) in [6.45, 7) is 1.71. The molecule has 0 saturated carbocycles. The fourth-order valence-electron chi connectivity index (χ4n) is 3.00. The van der Waals surface area contributed by atoms with Crippen molar-refractivity contribution >= 4 is 32.4 Å². The van der Waals surface area contributed by atoms with Crippen LogP contribution in [-0.4, -0.2) is 43.7 Å². The second-order valence-corrected chi connectivity index (χ2v) is 8.89. The van der Waals surface area contributed by atoms with E-state index >= 15 is 4.39 Å². The van der Waals surface area contributed by atoms with Crippen LogP contribution in [-0.2, 0) is 15.6 Å². The molecule has 0 spiro atoms. The molecule has 0 fully saturated rings. The summed E-state index contributed by atoms with van der Waals surface area (Å²) < 4.78 is 55.3. The van der Waals surface area contributed by atoms with Gasteiger partial charge >= 0.3 is 0 Å². The van der Waals surface area contributed by atoms with Gasteiger partial charge in [-0.1, -0.05) is 13.0 Å². The van der Waals surface area contributed by atoms with E-state index in [1.165, 1.54) is 18.9 Å². The smallest absolute Gasteiger partial charge is 0.235 e. The summed E-state index contributed by atoms with van der Waals surface area (Å²) in [4.78, 5) is 20.6. The van der Waals surface area contributed by atoms with Crippen molar-refractivity contribution in [2.45, 2.75) is 19.1 Å². The van der Waals surface area contributed by atoms with E-state index in [2.05, 4.69) is 30.2 Å². The van der Waals surface area contributed by atoms with Crippen molar-refractivity contribution < 1.29 is 17.2 Å². The Balaban J connectivity index is 1.75. The minimum atomic E-state index is -3.52. The molecule has 0 bridgehead atoms. The molecule has 0 aliphatic heterocycles. The highest BCUT2D eigenvalue weighted by atomic mass is 32.2. The van der Waals surface area contributed by atoms with E-state index in [4.69, 9.17) is 0 Å². The number of anilines is 2. The zero-order chi connectivity index (χ0) is 22.0. The van der Waals surface area contributed by atoms with Gasteiger partial charge in [0.05, 0.1) is 17.7 Å². The summed E-state index contributed by atoms with van der Waals surface area (Å²) in [5, 5.41) is 2.60. The molecule has 0 saturated heterocycles. The summed E-state index contributed by atoms with van der Waals surface area (Å²) in [6, 6.07) is 2.14. The Bertz CT molecular complexity index is 1350. The number of fused-ring (bicyclic) bond motifs is 1. The number of nitrogens with one attached hydrogen (secondary N) is 1. The third kappa shape index (κ3) is 4.33. The van der Waals surface area contributed by atoms with Gasteiger partial charge in [-0.05, 0) is 12.5 Å². The van der Waals surface area contributed by atoms with Gasteiger partial charge in [-0.3, -0.25) is 4.57 Å².